The molecule has 0 radical (unpaired) electrons. The molecule has 0 aliphatic carbocycles. The zero-order chi connectivity index (χ0) is 16.9. The largest absolute Gasteiger partial charge is 0.465 e. The molecule has 0 spiro atoms. The van der Waals surface area contributed by atoms with E-state index >= 15 is 0 Å². The van der Waals surface area contributed by atoms with Gasteiger partial charge < -0.3 is 4.74 Å². The molecular formula is C16H19NO4S2. The lowest BCUT2D eigenvalue weighted by molar-refractivity contribution is 0.0600. The third-order valence-electron chi connectivity index (χ3n) is 3.35. The van der Waals surface area contributed by atoms with Crippen LogP contribution in [0.5, 0.6) is 0 Å². The van der Waals surface area contributed by atoms with Crippen molar-refractivity contribution in [2.45, 2.75) is 24.7 Å². The van der Waals surface area contributed by atoms with Crippen molar-refractivity contribution in [3.05, 3.63) is 51.7 Å². The molecule has 0 atom stereocenters. The second kappa shape index (κ2) is 7.72. The molecule has 2 aromatic rings. The first-order valence-electron chi connectivity index (χ1n) is 7.15. The number of nitrogens with one attached hydrogen (secondary N) is 1. The van der Waals surface area contributed by atoms with Crippen LogP contribution in [-0.2, 0) is 21.2 Å². The van der Waals surface area contributed by atoms with Crippen molar-refractivity contribution in [1.82, 2.24) is 4.72 Å². The fraction of sp³-hybridized carbons (Fsp3) is 0.312. The average Bonchev–Trinajstić information content (AvgIpc) is 2.99. The topological polar surface area (TPSA) is 72.5 Å². The third-order valence-corrected chi connectivity index (χ3v) is 5.81. The molecule has 1 aromatic carbocycles. The number of aryl methyl sites for hydroxylation is 2. The summed E-state index contributed by atoms with van der Waals surface area (Å²) in [5.41, 5.74) is 1.57. The van der Waals surface area contributed by atoms with Gasteiger partial charge in [-0.3, -0.25) is 0 Å². The number of thiophene rings is 1. The van der Waals surface area contributed by atoms with Gasteiger partial charge in [-0.25, -0.2) is 17.9 Å². The Kier molecular flexibility index (Phi) is 5.92. The molecular weight excluding hydrogens is 334 g/mol. The predicted molar refractivity (Wildman–Crippen MR) is 90.3 cm³/mol. The highest BCUT2D eigenvalue weighted by molar-refractivity contribution is 7.89. The second-order valence-corrected chi connectivity index (χ2v) is 7.83. The van der Waals surface area contributed by atoms with Crippen molar-refractivity contribution in [3.63, 3.8) is 0 Å². The zero-order valence-corrected chi connectivity index (χ0v) is 14.7. The molecule has 1 heterocycles. The van der Waals surface area contributed by atoms with Crippen LogP contribution in [0.25, 0.3) is 0 Å². The first-order valence-corrected chi connectivity index (χ1v) is 9.51. The van der Waals surface area contributed by atoms with Crippen LogP contribution in [0.2, 0.25) is 0 Å². The highest BCUT2D eigenvalue weighted by Gasteiger charge is 2.15. The number of methoxy groups -OCH3 is 1. The highest BCUT2D eigenvalue weighted by Crippen LogP contribution is 2.19. The first-order chi connectivity index (χ1) is 10.9. The van der Waals surface area contributed by atoms with E-state index in [0.717, 1.165) is 10.4 Å². The third kappa shape index (κ3) is 4.63. The Morgan fingerprint density at radius 1 is 1.22 bits per heavy atom. The van der Waals surface area contributed by atoms with Gasteiger partial charge in [0.2, 0.25) is 10.0 Å². The summed E-state index contributed by atoms with van der Waals surface area (Å²) in [6, 6.07) is 8.44. The van der Waals surface area contributed by atoms with Crippen molar-refractivity contribution >= 4 is 27.3 Å². The van der Waals surface area contributed by atoms with E-state index in [9.17, 15) is 13.2 Å². The van der Waals surface area contributed by atoms with Gasteiger partial charge >= 0.3 is 5.97 Å². The number of hydrogen-bond acceptors (Lipinski definition) is 5. The van der Waals surface area contributed by atoms with E-state index in [1.165, 1.54) is 18.4 Å². The van der Waals surface area contributed by atoms with Crippen LogP contribution in [0, 0.1) is 6.92 Å². The number of esters is 1. The molecule has 0 fully saturated rings. The highest BCUT2D eigenvalue weighted by atomic mass is 32.2. The minimum atomic E-state index is -3.49. The maximum Gasteiger partial charge on any atom is 0.338 e. The van der Waals surface area contributed by atoms with Crippen LogP contribution >= 0.6 is 11.3 Å². The number of carbonyl (C=O) groups is 1. The number of sulfonamides is 1. The Labute approximate surface area is 140 Å². The van der Waals surface area contributed by atoms with Crippen molar-refractivity contribution in [2.24, 2.45) is 0 Å². The summed E-state index contributed by atoms with van der Waals surface area (Å²) in [6.07, 6.45) is 1.23. The monoisotopic (exact) mass is 353 g/mol. The van der Waals surface area contributed by atoms with E-state index in [-0.39, 0.29) is 10.9 Å². The molecule has 5 nitrogen and oxygen atoms in total. The van der Waals surface area contributed by atoms with Crippen LogP contribution in [0.15, 0.2) is 40.6 Å². The normalized spacial score (nSPS) is 11.4. The van der Waals surface area contributed by atoms with Gasteiger partial charge in [-0.05, 0) is 43.3 Å². The van der Waals surface area contributed by atoms with E-state index in [4.69, 9.17) is 4.74 Å². The SMILES string of the molecule is COC(=O)c1ccsc1CCCNS(=O)(=O)c1ccc(C)cc1. The molecule has 0 aliphatic rings. The quantitative estimate of drug-likeness (QED) is 0.614. The summed E-state index contributed by atoms with van der Waals surface area (Å²) in [6.45, 7) is 2.22. The molecule has 0 unspecified atom stereocenters. The van der Waals surface area contributed by atoms with E-state index in [2.05, 4.69) is 4.72 Å². The van der Waals surface area contributed by atoms with E-state index in [1.54, 1.807) is 30.3 Å². The fourth-order valence-corrected chi connectivity index (χ4v) is 4.07. The molecule has 0 amide bonds. The van der Waals surface area contributed by atoms with Gasteiger partial charge in [0.25, 0.3) is 0 Å². The minimum Gasteiger partial charge on any atom is -0.465 e. The summed E-state index contributed by atoms with van der Waals surface area (Å²) >= 11 is 1.47. The van der Waals surface area contributed by atoms with E-state index < -0.39 is 10.0 Å². The average molecular weight is 353 g/mol. The van der Waals surface area contributed by atoms with Gasteiger partial charge in [-0.2, -0.15) is 0 Å². The predicted octanol–water partition coefficient (Wildman–Crippen LogP) is 2.75. The molecule has 2 rings (SSSR count). The summed E-state index contributed by atoms with van der Waals surface area (Å²) in [7, 11) is -2.14. The Morgan fingerprint density at radius 3 is 2.57 bits per heavy atom. The zero-order valence-electron chi connectivity index (χ0n) is 13.0. The minimum absolute atomic E-state index is 0.259. The molecule has 0 saturated heterocycles. The maximum atomic E-state index is 12.1. The molecule has 23 heavy (non-hydrogen) atoms. The maximum absolute atomic E-state index is 12.1. The summed E-state index contributed by atoms with van der Waals surface area (Å²) in [5, 5.41) is 1.83. The van der Waals surface area contributed by atoms with Crippen LogP contribution in [-0.4, -0.2) is 28.0 Å². The summed E-state index contributed by atoms with van der Waals surface area (Å²) in [5.74, 6) is -0.360. The molecule has 1 N–H and O–H groups in total. The van der Waals surface area contributed by atoms with Gasteiger partial charge in [-0.1, -0.05) is 17.7 Å². The molecule has 0 bridgehead atoms. The van der Waals surface area contributed by atoms with Gasteiger partial charge in [0, 0.05) is 11.4 Å². The lowest BCUT2D eigenvalue weighted by Gasteiger charge is -2.07. The lowest BCUT2D eigenvalue weighted by atomic mass is 10.2. The smallest absolute Gasteiger partial charge is 0.338 e. The van der Waals surface area contributed by atoms with Crippen LogP contribution in [0.4, 0.5) is 0 Å². The summed E-state index contributed by atoms with van der Waals surface area (Å²) in [4.78, 5) is 12.7. The van der Waals surface area contributed by atoms with Gasteiger partial charge in [0.1, 0.15) is 0 Å². The Bertz CT molecular complexity index is 764. The number of carbonyl (C=O) groups excluding carboxylic acids is 1. The molecule has 0 saturated carbocycles. The van der Waals surface area contributed by atoms with E-state index in [1.807, 2.05) is 12.3 Å². The Balaban J connectivity index is 1.89. The lowest BCUT2D eigenvalue weighted by Crippen LogP contribution is -2.25. The van der Waals surface area contributed by atoms with Crippen molar-refractivity contribution in [3.8, 4) is 0 Å². The first kappa shape index (κ1) is 17.7. The molecule has 7 heteroatoms. The van der Waals surface area contributed by atoms with Gasteiger partial charge in [0.05, 0.1) is 17.6 Å². The van der Waals surface area contributed by atoms with Crippen LogP contribution < -0.4 is 4.72 Å². The van der Waals surface area contributed by atoms with Crippen molar-refractivity contribution < 1.29 is 17.9 Å². The Morgan fingerprint density at radius 2 is 1.91 bits per heavy atom. The van der Waals surface area contributed by atoms with Crippen molar-refractivity contribution in [1.29, 1.82) is 0 Å². The standard InChI is InChI=1S/C16H19NO4S2/c1-12-5-7-13(8-6-12)23(19,20)17-10-3-4-15-14(9-11-22-15)16(18)21-2/h5-9,11,17H,3-4,10H2,1-2H3. The molecule has 0 aliphatic heterocycles. The number of rotatable bonds is 7. The van der Waals surface area contributed by atoms with E-state index in [0.29, 0.717) is 24.9 Å². The molecule has 1 aromatic heterocycles. The van der Waals surface area contributed by atoms with Crippen LogP contribution in [0.3, 0.4) is 0 Å². The number of benzene rings is 1. The van der Waals surface area contributed by atoms with Crippen LogP contribution in [0.1, 0.15) is 27.2 Å². The second-order valence-electron chi connectivity index (χ2n) is 5.06. The number of hydrogen-bond donors (Lipinski definition) is 1. The fourth-order valence-electron chi connectivity index (χ4n) is 2.08. The summed E-state index contributed by atoms with van der Waals surface area (Å²) < 4.78 is 31.6. The van der Waals surface area contributed by atoms with Gasteiger partial charge in [0.15, 0.2) is 0 Å². The Hall–Kier alpha value is -1.70. The van der Waals surface area contributed by atoms with Crippen molar-refractivity contribution in [2.75, 3.05) is 13.7 Å². The number of ether oxygens (including phenoxy) is 1. The van der Waals surface area contributed by atoms with Gasteiger partial charge in [-0.15, -0.1) is 11.3 Å². The molecule has 124 valence electrons.